The van der Waals surface area contributed by atoms with Crippen LogP contribution in [-0.2, 0) is 4.79 Å². The van der Waals surface area contributed by atoms with Gasteiger partial charge in [-0.15, -0.1) is 10.2 Å². The molecular weight excluding hydrogens is 274 g/mol. The number of aromatic nitrogens is 2. The van der Waals surface area contributed by atoms with Gasteiger partial charge in [-0.2, -0.15) is 0 Å². The number of furan rings is 1. The first-order valence-electron chi connectivity index (χ1n) is 6.25. The van der Waals surface area contributed by atoms with E-state index in [1.54, 1.807) is 12.3 Å². The molecule has 0 aliphatic heterocycles. The molecule has 0 atom stereocenters. The maximum absolute atomic E-state index is 11.7. The second-order valence-corrected chi connectivity index (χ2v) is 6.32. The van der Waals surface area contributed by atoms with Gasteiger partial charge in [0.15, 0.2) is 5.76 Å². The average Bonchev–Trinajstić information content (AvgIpc) is 2.89. The summed E-state index contributed by atoms with van der Waals surface area (Å²) in [6.07, 6.45) is 1.59. The lowest BCUT2D eigenvalue weighted by atomic mass is 10.1. The van der Waals surface area contributed by atoms with E-state index >= 15 is 0 Å². The van der Waals surface area contributed by atoms with E-state index in [0.29, 0.717) is 22.2 Å². The van der Waals surface area contributed by atoms with Crippen LogP contribution < -0.4 is 5.32 Å². The standard InChI is InChI=1S/C14H17N3O2S/c1-14(2,3)15-12(18)9-20-13-7-6-10(16-17-13)11-5-4-8-19-11/h4-8H,9H2,1-3H3,(H,15,18). The molecule has 1 N–H and O–H groups in total. The van der Waals surface area contributed by atoms with Gasteiger partial charge in [0.05, 0.1) is 12.0 Å². The van der Waals surface area contributed by atoms with Crippen LogP contribution in [0.15, 0.2) is 40.0 Å². The number of amides is 1. The molecular formula is C14H17N3O2S. The monoisotopic (exact) mass is 291 g/mol. The summed E-state index contributed by atoms with van der Waals surface area (Å²) in [5.41, 5.74) is 0.463. The fourth-order valence-corrected chi connectivity index (χ4v) is 2.16. The smallest absolute Gasteiger partial charge is 0.230 e. The molecule has 2 heterocycles. The number of carbonyl (C=O) groups is 1. The molecule has 20 heavy (non-hydrogen) atoms. The van der Waals surface area contributed by atoms with Crippen LogP contribution in [-0.4, -0.2) is 27.4 Å². The summed E-state index contributed by atoms with van der Waals surface area (Å²) in [6.45, 7) is 5.86. The fourth-order valence-electron chi connectivity index (χ4n) is 1.55. The maximum atomic E-state index is 11.7. The Kier molecular flexibility index (Phi) is 4.44. The molecule has 1 amide bonds. The molecule has 0 spiro atoms. The van der Waals surface area contributed by atoms with Crippen molar-refractivity contribution < 1.29 is 9.21 Å². The highest BCUT2D eigenvalue weighted by molar-refractivity contribution is 7.99. The molecule has 6 heteroatoms. The van der Waals surface area contributed by atoms with E-state index in [4.69, 9.17) is 4.42 Å². The molecule has 2 aromatic rings. The first-order chi connectivity index (χ1) is 9.44. The molecule has 0 radical (unpaired) electrons. The predicted molar refractivity (Wildman–Crippen MR) is 78.4 cm³/mol. The van der Waals surface area contributed by atoms with Crippen molar-refractivity contribution >= 4 is 17.7 Å². The highest BCUT2D eigenvalue weighted by Crippen LogP contribution is 2.19. The fraction of sp³-hybridized carbons (Fsp3) is 0.357. The van der Waals surface area contributed by atoms with Gasteiger partial charge in [-0.1, -0.05) is 11.8 Å². The van der Waals surface area contributed by atoms with Crippen LogP contribution in [0, 0.1) is 0 Å². The minimum atomic E-state index is -0.216. The molecule has 5 nitrogen and oxygen atoms in total. The molecule has 0 fully saturated rings. The van der Waals surface area contributed by atoms with Crippen LogP contribution in [0.1, 0.15) is 20.8 Å². The lowest BCUT2D eigenvalue weighted by Gasteiger charge is -2.20. The second kappa shape index (κ2) is 6.09. The highest BCUT2D eigenvalue weighted by atomic mass is 32.2. The predicted octanol–water partition coefficient (Wildman–Crippen LogP) is 2.74. The van der Waals surface area contributed by atoms with Crippen molar-refractivity contribution in [2.24, 2.45) is 0 Å². The van der Waals surface area contributed by atoms with E-state index in [1.807, 2.05) is 39.0 Å². The maximum Gasteiger partial charge on any atom is 0.230 e. The summed E-state index contributed by atoms with van der Waals surface area (Å²) in [6, 6.07) is 7.29. The molecule has 0 aromatic carbocycles. The number of hydrogen-bond donors (Lipinski definition) is 1. The first-order valence-corrected chi connectivity index (χ1v) is 7.24. The Bertz CT molecular complexity index is 559. The molecule has 106 valence electrons. The van der Waals surface area contributed by atoms with E-state index in [9.17, 15) is 4.79 Å². The quantitative estimate of drug-likeness (QED) is 0.877. The molecule has 0 aliphatic carbocycles. The van der Waals surface area contributed by atoms with Crippen LogP contribution in [0.4, 0.5) is 0 Å². The Labute approximate surface area is 122 Å². The number of carbonyl (C=O) groups excluding carboxylic acids is 1. The third-order valence-corrected chi connectivity index (χ3v) is 3.20. The Balaban J connectivity index is 1.90. The third-order valence-electron chi connectivity index (χ3n) is 2.28. The topological polar surface area (TPSA) is 68.0 Å². The summed E-state index contributed by atoms with van der Waals surface area (Å²) >= 11 is 1.36. The van der Waals surface area contributed by atoms with Gasteiger partial charge in [0.2, 0.25) is 5.91 Å². The zero-order valence-corrected chi connectivity index (χ0v) is 12.5. The Morgan fingerprint density at radius 3 is 2.65 bits per heavy atom. The average molecular weight is 291 g/mol. The van der Waals surface area contributed by atoms with Crippen LogP contribution in [0.2, 0.25) is 0 Å². The number of hydrogen-bond acceptors (Lipinski definition) is 5. The highest BCUT2D eigenvalue weighted by Gasteiger charge is 2.14. The molecule has 2 aromatic heterocycles. The minimum Gasteiger partial charge on any atom is -0.463 e. The summed E-state index contributed by atoms with van der Waals surface area (Å²) < 4.78 is 5.24. The van der Waals surface area contributed by atoms with Gasteiger partial charge in [0.25, 0.3) is 0 Å². The van der Waals surface area contributed by atoms with Crippen LogP contribution >= 0.6 is 11.8 Å². The minimum absolute atomic E-state index is 0.0144. The van der Waals surface area contributed by atoms with Crippen molar-refractivity contribution in [3.05, 3.63) is 30.5 Å². The van der Waals surface area contributed by atoms with Crippen molar-refractivity contribution in [2.75, 3.05) is 5.75 Å². The van der Waals surface area contributed by atoms with Crippen molar-refractivity contribution in [3.8, 4) is 11.5 Å². The Morgan fingerprint density at radius 1 is 1.30 bits per heavy atom. The summed E-state index contributed by atoms with van der Waals surface area (Å²) in [5, 5.41) is 11.8. The van der Waals surface area contributed by atoms with E-state index in [1.165, 1.54) is 11.8 Å². The lowest BCUT2D eigenvalue weighted by Crippen LogP contribution is -2.41. The molecule has 2 rings (SSSR count). The molecule has 0 bridgehead atoms. The van der Waals surface area contributed by atoms with E-state index in [0.717, 1.165) is 0 Å². The van der Waals surface area contributed by atoms with Crippen LogP contribution in [0.25, 0.3) is 11.5 Å². The van der Waals surface area contributed by atoms with Crippen molar-refractivity contribution in [2.45, 2.75) is 31.3 Å². The van der Waals surface area contributed by atoms with Gasteiger partial charge in [0, 0.05) is 5.54 Å². The van der Waals surface area contributed by atoms with Gasteiger partial charge >= 0.3 is 0 Å². The summed E-state index contributed by atoms with van der Waals surface area (Å²) in [4.78, 5) is 11.7. The zero-order chi connectivity index (χ0) is 14.6. The van der Waals surface area contributed by atoms with Crippen molar-refractivity contribution in [1.29, 1.82) is 0 Å². The van der Waals surface area contributed by atoms with Crippen molar-refractivity contribution in [1.82, 2.24) is 15.5 Å². The summed E-state index contributed by atoms with van der Waals surface area (Å²) in [7, 11) is 0. The number of thioether (sulfide) groups is 1. The van der Waals surface area contributed by atoms with Crippen LogP contribution in [0.5, 0.6) is 0 Å². The molecule has 0 saturated heterocycles. The lowest BCUT2D eigenvalue weighted by molar-refractivity contribution is -0.119. The van der Waals surface area contributed by atoms with Gasteiger partial charge in [0.1, 0.15) is 10.7 Å². The summed E-state index contributed by atoms with van der Waals surface area (Å²) in [5.74, 6) is 0.991. The largest absolute Gasteiger partial charge is 0.463 e. The number of nitrogens with zero attached hydrogens (tertiary/aromatic N) is 2. The van der Waals surface area contributed by atoms with Gasteiger partial charge in [-0.3, -0.25) is 4.79 Å². The third kappa shape index (κ3) is 4.38. The normalized spacial score (nSPS) is 11.3. The SMILES string of the molecule is CC(C)(C)NC(=O)CSc1ccc(-c2ccco2)nn1. The van der Waals surface area contributed by atoms with E-state index in [2.05, 4.69) is 15.5 Å². The molecule has 0 saturated carbocycles. The van der Waals surface area contributed by atoms with Gasteiger partial charge in [-0.05, 0) is 45.0 Å². The number of rotatable bonds is 4. The van der Waals surface area contributed by atoms with E-state index < -0.39 is 0 Å². The molecule has 0 aliphatic rings. The second-order valence-electron chi connectivity index (χ2n) is 5.32. The van der Waals surface area contributed by atoms with Gasteiger partial charge in [-0.25, -0.2) is 0 Å². The first kappa shape index (κ1) is 14.6. The Morgan fingerprint density at radius 2 is 2.10 bits per heavy atom. The van der Waals surface area contributed by atoms with Crippen molar-refractivity contribution in [3.63, 3.8) is 0 Å². The Hall–Kier alpha value is -1.82. The molecule has 0 unspecified atom stereocenters. The van der Waals surface area contributed by atoms with Gasteiger partial charge < -0.3 is 9.73 Å². The van der Waals surface area contributed by atoms with E-state index in [-0.39, 0.29) is 11.4 Å². The van der Waals surface area contributed by atoms with Crippen LogP contribution in [0.3, 0.4) is 0 Å². The number of nitrogens with one attached hydrogen (secondary N) is 1. The zero-order valence-electron chi connectivity index (χ0n) is 11.7.